The van der Waals surface area contributed by atoms with Gasteiger partial charge in [0.15, 0.2) is 0 Å². The molecule has 2 N–H and O–H groups in total. The van der Waals surface area contributed by atoms with E-state index in [2.05, 4.69) is 11.6 Å². The predicted octanol–water partition coefficient (Wildman–Crippen LogP) is 1.94. The summed E-state index contributed by atoms with van der Waals surface area (Å²) in [6, 6.07) is 1.87. The van der Waals surface area contributed by atoms with Crippen molar-refractivity contribution in [3.63, 3.8) is 0 Å². The fourth-order valence-electron chi connectivity index (χ4n) is 1.01. The van der Waals surface area contributed by atoms with E-state index in [1.54, 1.807) is 6.08 Å². The van der Waals surface area contributed by atoms with Gasteiger partial charge in [-0.05, 0) is 18.6 Å². The van der Waals surface area contributed by atoms with Crippen LogP contribution in [0.15, 0.2) is 24.8 Å². The van der Waals surface area contributed by atoms with Crippen molar-refractivity contribution in [2.45, 2.75) is 12.5 Å². The molecular weight excluding hydrogens is 174 g/mol. The minimum Gasteiger partial charge on any atom is -0.324 e. The number of halogens is 2. The number of aromatic nitrogens is 1. The molecule has 1 heterocycles. The molecule has 0 bridgehead atoms. The van der Waals surface area contributed by atoms with Crippen molar-refractivity contribution in [3.05, 3.63) is 42.2 Å². The van der Waals surface area contributed by atoms with Crippen LogP contribution >= 0.6 is 0 Å². The van der Waals surface area contributed by atoms with Crippen LogP contribution in [0.5, 0.6) is 0 Å². The van der Waals surface area contributed by atoms with Crippen LogP contribution in [0.2, 0.25) is 0 Å². The van der Waals surface area contributed by atoms with E-state index in [4.69, 9.17) is 5.73 Å². The molecule has 4 heteroatoms. The van der Waals surface area contributed by atoms with Crippen molar-refractivity contribution >= 4 is 0 Å². The molecule has 0 aliphatic heterocycles. The van der Waals surface area contributed by atoms with E-state index in [1.807, 2.05) is 0 Å². The first-order chi connectivity index (χ1) is 6.15. The van der Waals surface area contributed by atoms with Crippen LogP contribution in [0.3, 0.4) is 0 Å². The molecule has 0 aromatic carbocycles. The molecule has 1 aromatic rings. The predicted molar refractivity (Wildman–Crippen MR) is 45.9 cm³/mol. The van der Waals surface area contributed by atoms with Gasteiger partial charge in [0.2, 0.25) is 11.9 Å². The maximum Gasteiger partial charge on any atom is 0.220 e. The smallest absolute Gasteiger partial charge is 0.220 e. The Balaban J connectivity index is 2.94. The van der Waals surface area contributed by atoms with Crippen LogP contribution in [0.4, 0.5) is 8.78 Å². The zero-order chi connectivity index (χ0) is 9.84. The second-order valence-electron chi connectivity index (χ2n) is 2.64. The second-order valence-corrected chi connectivity index (χ2v) is 2.64. The molecule has 1 aromatic heterocycles. The van der Waals surface area contributed by atoms with Crippen molar-refractivity contribution in [3.8, 4) is 0 Å². The van der Waals surface area contributed by atoms with Gasteiger partial charge < -0.3 is 5.73 Å². The molecule has 0 saturated carbocycles. The molecule has 2 nitrogen and oxygen atoms in total. The Kier molecular flexibility index (Phi) is 3.08. The Hall–Kier alpha value is -1.29. The van der Waals surface area contributed by atoms with E-state index in [1.165, 1.54) is 6.07 Å². The van der Waals surface area contributed by atoms with E-state index in [-0.39, 0.29) is 5.56 Å². The number of rotatable bonds is 3. The Morgan fingerprint density at radius 2 is 2.23 bits per heavy atom. The molecule has 0 saturated heterocycles. The molecule has 0 fully saturated rings. The van der Waals surface area contributed by atoms with Crippen molar-refractivity contribution in [1.82, 2.24) is 4.98 Å². The van der Waals surface area contributed by atoms with Gasteiger partial charge in [0.25, 0.3) is 0 Å². The first kappa shape index (κ1) is 9.80. The molecule has 1 atom stereocenters. The molecule has 70 valence electrons. The summed E-state index contributed by atoms with van der Waals surface area (Å²) in [5.74, 6) is -1.69. The van der Waals surface area contributed by atoms with Gasteiger partial charge in [-0.25, -0.2) is 0 Å². The zero-order valence-electron chi connectivity index (χ0n) is 7.00. The van der Waals surface area contributed by atoms with Gasteiger partial charge in [0.05, 0.1) is 0 Å². The Morgan fingerprint density at radius 1 is 1.54 bits per heavy atom. The van der Waals surface area contributed by atoms with Crippen LogP contribution in [0.1, 0.15) is 18.0 Å². The van der Waals surface area contributed by atoms with Crippen molar-refractivity contribution in [1.29, 1.82) is 0 Å². The second kappa shape index (κ2) is 4.09. The number of pyridine rings is 1. The third kappa shape index (κ3) is 2.32. The molecule has 0 radical (unpaired) electrons. The molecule has 13 heavy (non-hydrogen) atoms. The van der Waals surface area contributed by atoms with E-state index in [0.717, 1.165) is 6.07 Å². The third-order valence-electron chi connectivity index (χ3n) is 1.66. The van der Waals surface area contributed by atoms with Crippen LogP contribution in [0, 0.1) is 11.9 Å². The van der Waals surface area contributed by atoms with Gasteiger partial charge in [0, 0.05) is 11.6 Å². The highest BCUT2D eigenvalue weighted by Gasteiger charge is 2.11. The van der Waals surface area contributed by atoms with Gasteiger partial charge in [0.1, 0.15) is 0 Å². The summed E-state index contributed by atoms with van der Waals surface area (Å²) in [5, 5.41) is 0. The Bertz CT molecular complexity index is 312. The molecule has 0 aliphatic rings. The Morgan fingerprint density at radius 3 is 2.77 bits per heavy atom. The largest absolute Gasteiger partial charge is 0.324 e. The average Bonchev–Trinajstić information content (AvgIpc) is 2.04. The minimum atomic E-state index is -0.852. The highest BCUT2D eigenvalue weighted by Crippen LogP contribution is 2.16. The normalized spacial score (nSPS) is 12.5. The highest BCUT2D eigenvalue weighted by atomic mass is 19.1. The maximum absolute atomic E-state index is 13.0. The van der Waals surface area contributed by atoms with Gasteiger partial charge in [-0.1, -0.05) is 6.08 Å². The monoisotopic (exact) mass is 184 g/mol. The fraction of sp³-hybridized carbons (Fsp3) is 0.222. The van der Waals surface area contributed by atoms with Gasteiger partial charge in [-0.15, -0.1) is 6.58 Å². The van der Waals surface area contributed by atoms with Gasteiger partial charge in [-0.2, -0.15) is 13.8 Å². The van der Waals surface area contributed by atoms with Gasteiger partial charge >= 0.3 is 0 Å². The summed E-state index contributed by atoms with van der Waals surface area (Å²) in [7, 11) is 0. The average molecular weight is 184 g/mol. The number of hydrogen-bond acceptors (Lipinski definition) is 2. The fourth-order valence-corrected chi connectivity index (χ4v) is 1.01. The zero-order valence-corrected chi connectivity index (χ0v) is 7.00. The lowest BCUT2D eigenvalue weighted by Crippen LogP contribution is -2.12. The van der Waals surface area contributed by atoms with Gasteiger partial charge in [-0.3, -0.25) is 0 Å². The summed E-state index contributed by atoms with van der Waals surface area (Å²) in [6.45, 7) is 3.48. The van der Waals surface area contributed by atoms with E-state index in [0.29, 0.717) is 6.42 Å². The van der Waals surface area contributed by atoms with Crippen LogP contribution in [-0.4, -0.2) is 4.98 Å². The van der Waals surface area contributed by atoms with Crippen LogP contribution in [-0.2, 0) is 0 Å². The molecule has 1 rings (SSSR count). The summed E-state index contributed by atoms with van der Waals surface area (Å²) < 4.78 is 25.3. The molecule has 0 amide bonds. The highest BCUT2D eigenvalue weighted by molar-refractivity contribution is 5.16. The first-order valence-corrected chi connectivity index (χ1v) is 3.83. The molecule has 0 unspecified atom stereocenters. The molecular formula is C9H10F2N2. The molecule has 0 aliphatic carbocycles. The van der Waals surface area contributed by atoms with Crippen LogP contribution < -0.4 is 5.73 Å². The summed E-state index contributed by atoms with van der Waals surface area (Å²) >= 11 is 0. The number of nitrogens with zero attached hydrogens (tertiary/aromatic N) is 1. The lowest BCUT2D eigenvalue weighted by Gasteiger charge is -2.08. The summed E-state index contributed by atoms with van der Waals surface area (Å²) in [4.78, 5) is 3.03. The lowest BCUT2D eigenvalue weighted by atomic mass is 10.1. The van der Waals surface area contributed by atoms with E-state index in [9.17, 15) is 8.78 Å². The van der Waals surface area contributed by atoms with E-state index < -0.39 is 17.9 Å². The van der Waals surface area contributed by atoms with Crippen LogP contribution in [0.25, 0.3) is 0 Å². The van der Waals surface area contributed by atoms with Crippen molar-refractivity contribution in [2.75, 3.05) is 0 Å². The topological polar surface area (TPSA) is 38.9 Å². The first-order valence-electron chi connectivity index (χ1n) is 3.83. The summed E-state index contributed by atoms with van der Waals surface area (Å²) in [5.41, 5.74) is 5.79. The lowest BCUT2D eigenvalue weighted by molar-refractivity contribution is 0.492. The SMILES string of the molecule is C=CC[C@H](N)c1ccc(F)nc1F. The van der Waals surface area contributed by atoms with Crippen molar-refractivity contribution in [2.24, 2.45) is 5.73 Å². The maximum atomic E-state index is 13.0. The number of hydrogen-bond donors (Lipinski definition) is 1. The van der Waals surface area contributed by atoms with E-state index >= 15 is 0 Å². The minimum absolute atomic E-state index is 0.210. The third-order valence-corrected chi connectivity index (χ3v) is 1.66. The Labute approximate surface area is 75.1 Å². The standard InChI is InChI=1S/C9H10F2N2/c1-2-3-7(12)6-4-5-8(10)13-9(6)11/h2,4-5,7H,1,3,12H2/t7-/m0/s1. The molecule has 0 spiro atoms. The quantitative estimate of drug-likeness (QED) is 0.576. The van der Waals surface area contributed by atoms with Crippen molar-refractivity contribution < 1.29 is 8.78 Å². The number of nitrogens with two attached hydrogens (primary N) is 1. The summed E-state index contributed by atoms with van der Waals surface area (Å²) in [6.07, 6.45) is 2.01.